The molecule has 0 spiro atoms. The fourth-order valence-corrected chi connectivity index (χ4v) is 4.47. The summed E-state index contributed by atoms with van der Waals surface area (Å²) in [7, 11) is 0. The number of aromatic nitrogens is 2. The highest BCUT2D eigenvalue weighted by molar-refractivity contribution is 7.99. The van der Waals surface area contributed by atoms with Gasteiger partial charge >= 0.3 is 0 Å². The fraction of sp³-hybridized carbons (Fsp3) is 0.360. The molecular weight excluding hydrogens is 439 g/mol. The van der Waals surface area contributed by atoms with Crippen LogP contribution in [-0.4, -0.2) is 27.8 Å². The molecular formula is C25H27FN4O2S. The summed E-state index contributed by atoms with van der Waals surface area (Å²) in [6.07, 6.45) is 4.12. The molecule has 0 aliphatic rings. The monoisotopic (exact) mass is 466 g/mol. The number of carbonyl (C=O) groups excluding carboxylic acids is 1. The van der Waals surface area contributed by atoms with Gasteiger partial charge in [0, 0.05) is 13.1 Å². The number of hydrogen-bond donors (Lipinski definition) is 0. The molecule has 33 heavy (non-hydrogen) atoms. The van der Waals surface area contributed by atoms with Crippen LogP contribution in [0.1, 0.15) is 39.0 Å². The molecule has 0 aliphatic heterocycles. The number of nitrogens with zero attached hydrogens (tertiary/aromatic N) is 4. The zero-order valence-corrected chi connectivity index (χ0v) is 19.5. The standard InChI is InChI=1S/C25H27FN4O2S/c1-2-3-4-9-16-30-24(32)19-11-5-7-13-21(19)28-25(30)33-18-23(31)29(17-10-15-27)22-14-8-6-12-20(22)26/h5-8,11-14H,2-4,9-10,16-18H2,1H3. The Labute approximate surface area is 197 Å². The number of anilines is 1. The van der Waals surface area contributed by atoms with E-state index in [1.165, 1.54) is 28.8 Å². The first-order valence-electron chi connectivity index (χ1n) is 11.1. The van der Waals surface area contributed by atoms with E-state index in [1.54, 1.807) is 28.8 Å². The maximum absolute atomic E-state index is 14.3. The Bertz CT molecular complexity index is 1200. The van der Waals surface area contributed by atoms with E-state index in [2.05, 4.69) is 11.9 Å². The molecule has 0 atom stereocenters. The summed E-state index contributed by atoms with van der Waals surface area (Å²) in [4.78, 5) is 32.1. The van der Waals surface area contributed by atoms with Crippen LogP contribution in [0.15, 0.2) is 58.5 Å². The number of hydrogen-bond acceptors (Lipinski definition) is 5. The summed E-state index contributed by atoms with van der Waals surface area (Å²) in [5, 5.41) is 9.99. The van der Waals surface area contributed by atoms with Gasteiger partial charge in [0.25, 0.3) is 5.56 Å². The molecule has 0 N–H and O–H groups in total. The average Bonchev–Trinajstić information content (AvgIpc) is 2.83. The number of benzene rings is 2. The molecule has 6 nitrogen and oxygen atoms in total. The number of unbranched alkanes of at least 4 members (excludes halogenated alkanes) is 3. The first-order valence-corrected chi connectivity index (χ1v) is 12.1. The highest BCUT2D eigenvalue weighted by atomic mass is 32.2. The minimum absolute atomic E-state index is 0.0283. The van der Waals surface area contributed by atoms with Crippen LogP contribution in [0.3, 0.4) is 0 Å². The van der Waals surface area contributed by atoms with Crippen molar-refractivity contribution in [2.24, 2.45) is 0 Å². The molecule has 0 saturated carbocycles. The van der Waals surface area contributed by atoms with Crippen LogP contribution in [0.2, 0.25) is 0 Å². The zero-order chi connectivity index (χ0) is 23.6. The Morgan fingerprint density at radius 1 is 1.15 bits per heavy atom. The lowest BCUT2D eigenvalue weighted by Crippen LogP contribution is -2.34. The van der Waals surface area contributed by atoms with Gasteiger partial charge in [-0.2, -0.15) is 5.26 Å². The topological polar surface area (TPSA) is 79.0 Å². The summed E-state index contributed by atoms with van der Waals surface area (Å²) in [6.45, 7) is 2.74. The Balaban J connectivity index is 1.86. The zero-order valence-electron chi connectivity index (χ0n) is 18.7. The number of fused-ring (bicyclic) bond motifs is 1. The van der Waals surface area contributed by atoms with Crippen LogP contribution in [0, 0.1) is 17.1 Å². The molecule has 1 amide bonds. The van der Waals surface area contributed by atoms with E-state index in [4.69, 9.17) is 5.26 Å². The summed E-state index contributed by atoms with van der Waals surface area (Å²) in [5.41, 5.74) is 0.599. The Kier molecular flexibility index (Phi) is 9.02. The van der Waals surface area contributed by atoms with Crippen molar-refractivity contribution in [1.82, 2.24) is 9.55 Å². The van der Waals surface area contributed by atoms with Gasteiger partial charge in [-0.15, -0.1) is 0 Å². The molecule has 3 rings (SSSR count). The van der Waals surface area contributed by atoms with Crippen LogP contribution in [0.5, 0.6) is 0 Å². The van der Waals surface area contributed by atoms with E-state index in [1.807, 2.05) is 18.2 Å². The Morgan fingerprint density at radius 2 is 1.91 bits per heavy atom. The van der Waals surface area contributed by atoms with Crippen LogP contribution in [0.25, 0.3) is 10.9 Å². The molecule has 1 aromatic heterocycles. The van der Waals surface area contributed by atoms with Gasteiger partial charge in [0.1, 0.15) is 5.82 Å². The van der Waals surface area contributed by atoms with Crippen molar-refractivity contribution in [3.05, 3.63) is 64.7 Å². The number of nitriles is 1. The third kappa shape index (κ3) is 6.20. The van der Waals surface area contributed by atoms with Gasteiger partial charge in [-0.25, -0.2) is 9.37 Å². The molecule has 0 aliphatic carbocycles. The van der Waals surface area contributed by atoms with Gasteiger partial charge < -0.3 is 4.90 Å². The molecule has 0 saturated heterocycles. The molecule has 3 aromatic rings. The molecule has 8 heteroatoms. The number of rotatable bonds is 11. The SMILES string of the molecule is CCCCCCn1c(SCC(=O)N(CCC#N)c2ccccc2F)nc2ccccc2c1=O. The minimum Gasteiger partial charge on any atom is -0.308 e. The third-order valence-corrected chi connectivity index (χ3v) is 6.24. The maximum atomic E-state index is 14.3. The first kappa shape index (κ1) is 24.5. The van der Waals surface area contributed by atoms with E-state index in [0.717, 1.165) is 25.7 Å². The van der Waals surface area contributed by atoms with E-state index < -0.39 is 5.82 Å². The number of carbonyl (C=O) groups is 1. The van der Waals surface area contributed by atoms with Crippen LogP contribution >= 0.6 is 11.8 Å². The fourth-order valence-electron chi connectivity index (χ4n) is 3.57. The highest BCUT2D eigenvalue weighted by Gasteiger charge is 2.20. The summed E-state index contributed by atoms with van der Waals surface area (Å²) in [6, 6.07) is 15.2. The van der Waals surface area contributed by atoms with Crippen LogP contribution in [0.4, 0.5) is 10.1 Å². The normalized spacial score (nSPS) is 10.8. The van der Waals surface area contributed by atoms with Gasteiger partial charge in [0.15, 0.2) is 5.16 Å². The molecule has 2 aromatic carbocycles. The maximum Gasteiger partial charge on any atom is 0.262 e. The Hall–Kier alpha value is -3.18. The second kappa shape index (κ2) is 12.2. The average molecular weight is 467 g/mol. The second-order valence-corrected chi connectivity index (χ2v) is 8.57. The Morgan fingerprint density at radius 3 is 2.67 bits per heavy atom. The first-order chi connectivity index (χ1) is 16.1. The van der Waals surface area contributed by atoms with Crippen LogP contribution in [-0.2, 0) is 11.3 Å². The van der Waals surface area contributed by atoms with Gasteiger partial charge in [0.2, 0.25) is 5.91 Å². The molecule has 1 heterocycles. The van der Waals surface area contributed by atoms with E-state index >= 15 is 0 Å². The van der Waals surface area contributed by atoms with Crippen molar-refractivity contribution in [1.29, 1.82) is 5.26 Å². The van der Waals surface area contributed by atoms with Crippen molar-refractivity contribution in [3.63, 3.8) is 0 Å². The summed E-state index contributed by atoms with van der Waals surface area (Å²) >= 11 is 1.17. The number of halogens is 1. The molecule has 0 bridgehead atoms. The largest absolute Gasteiger partial charge is 0.308 e. The molecule has 0 fully saturated rings. The summed E-state index contributed by atoms with van der Waals surface area (Å²) in [5.74, 6) is -0.898. The van der Waals surface area contributed by atoms with Gasteiger partial charge in [0.05, 0.1) is 34.8 Å². The van der Waals surface area contributed by atoms with E-state index in [-0.39, 0.29) is 35.9 Å². The lowest BCUT2D eigenvalue weighted by molar-refractivity contribution is -0.116. The third-order valence-electron chi connectivity index (χ3n) is 5.28. The van der Waals surface area contributed by atoms with E-state index in [9.17, 15) is 14.0 Å². The number of amides is 1. The van der Waals surface area contributed by atoms with Crippen molar-refractivity contribution >= 4 is 34.3 Å². The smallest absolute Gasteiger partial charge is 0.262 e. The van der Waals surface area contributed by atoms with Crippen molar-refractivity contribution in [2.45, 2.75) is 50.7 Å². The molecule has 0 radical (unpaired) electrons. The summed E-state index contributed by atoms with van der Waals surface area (Å²) < 4.78 is 16.0. The lowest BCUT2D eigenvalue weighted by Gasteiger charge is -2.22. The molecule has 0 unspecified atom stereocenters. The predicted molar refractivity (Wildman–Crippen MR) is 130 cm³/mol. The second-order valence-electron chi connectivity index (χ2n) is 7.62. The van der Waals surface area contributed by atoms with Crippen molar-refractivity contribution in [3.8, 4) is 6.07 Å². The minimum atomic E-state index is -0.523. The number of thioether (sulfide) groups is 1. The highest BCUT2D eigenvalue weighted by Crippen LogP contribution is 2.23. The van der Waals surface area contributed by atoms with Gasteiger partial charge in [-0.3, -0.25) is 14.2 Å². The van der Waals surface area contributed by atoms with Crippen LogP contribution < -0.4 is 10.5 Å². The number of para-hydroxylation sites is 2. The van der Waals surface area contributed by atoms with Gasteiger partial charge in [-0.05, 0) is 30.7 Å². The molecule has 172 valence electrons. The van der Waals surface area contributed by atoms with Crippen molar-refractivity contribution < 1.29 is 9.18 Å². The van der Waals surface area contributed by atoms with E-state index in [0.29, 0.717) is 22.6 Å². The van der Waals surface area contributed by atoms with Gasteiger partial charge in [-0.1, -0.05) is 62.2 Å². The van der Waals surface area contributed by atoms with Crippen molar-refractivity contribution in [2.75, 3.05) is 17.2 Å². The predicted octanol–water partition coefficient (Wildman–Crippen LogP) is 5.15. The quantitative estimate of drug-likeness (QED) is 0.222. The lowest BCUT2D eigenvalue weighted by atomic mass is 10.2.